The van der Waals surface area contributed by atoms with E-state index in [9.17, 15) is 9.59 Å². The lowest BCUT2D eigenvalue weighted by Crippen LogP contribution is -2.32. The van der Waals surface area contributed by atoms with Gasteiger partial charge in [0.2, 0.25) is 5.88 Å². The van der Waals surface area contributed by atoms with Crippen LogP contribution in [-0.2, 0) is 13.1 Å². The Labute approximate surface area is 174 Å². The van der Waals surface area contributed by atoms with Crippen molar-refractivity contribution in [2.75, 3.05) is 26.7 Å². The number of methoxy groups -OCH3 is 1. The number of nitrogens with zero attached hydrogens (tertiary/aromatic N) is 4. The molecule has 0 spiro atoms. The van der Waals surface area contributed by atoms with E-state index in [1.807, 2.05) is 18.2 Å². The van der Waals surface area contributed by atoms with Crippen LogP contribution in [0.2, 0.25) is 0 Å². The van der Waals surface area contributed by atoms with Crippen molar-refractivity contribution in [2.24, 2.45) is 0 Å². The van der Waals surface area contributed by atoms with Crippen molar-refractivity contribution >= 4 is 16.7 Å². The van der Waals surface area contributed by atoms with Gasteiger partial charge in [-0.25, -0.2) is 9.67 Å². The molecule has 1 aliphatic rings. The van der Waals surface area contributed by atoms with Crippen LogP contribution in [0.15, 0.2) is 47.4 Å². The molecule has 0 aliphatic carbocycles. The number of likely N-dealkylation sites (tertiary alicyclic amines) is 1. The number of nitrogens with one attached hydrogen (secondary N) is 1. The first-order valence-electron chi connectivity index (χ1n) is 10.2. The lowest BCUT2D eigenvalue weighted by atomic mass is 10.1. The Hall–Kier alpha value is -3.26. The van der Waals surface area contributed by atoms with Crippen molar-refractivity contribution in [3.8, 4) is 5.88 Å². The van der Waals surface area contributed by atoms with Crippen LogP contribution in [0.25, 0.3) is 10.8 Å². The smallest absolute Gasteiger partial charge is 0.274 e. The Morgan fingerprint density at radius 1 is 1.10 bits per heavy atom. The molecule has 0 atom stereocenters. The molecule has 8 heteroatoms. The normalized spacial score (nSPS) is 14.2. The number of fused-ring (bicyclic) bond motifs is 1. The van der Waals surface area contributed by atoms with E-state index in [1.54, 1.807) is 24.4 Å². The van der Waals surface area contributed by atoms with Crippen LogP contribution >= 0.6 is 0 Å². The summed E-state index contributed by atoms with van der Waals surface area (Å²) in [4.78, 5) is 32.0. The van der Waals surface area contributed by atoms with Gasteiger partial charge in [-0.3, -0.25) is 9.59 Å². The fraction of sp³-hybridized carbons (Fsp3) is 0.364. The molecule has 0 unspecified atom stereocenters. The highest BCUT2D eigenvalue weighted by Crippen LogP contribution is 2.16. The van der Waals surface area contributed by atoms with E-state index >= 15 is 0 Å². The molecule has 30 heavy (non-hydrogen) atoms. The highest BCUT2D eigenvalue weighted by atomic mass is 16.5. The van der Waals surface area contributed by atoms with E-state index in [2.05, 4.69) is 20.3 Å². The largest absolute Gasteiger partial charge is 0.480 e. The fourth-order valence-electron chi connectivity index (χ4n) is 3.82. The minimum Gasteiger partial charge on any atom is -0.480 e. The van der Waals surface area contributed by atoms with Crippen molar-refractivity contribution in [3.63, 3.8) is 0 Å². The first-order valence-corrected chi connectivity index (χ1v) is 10.2. The Kier molecular flexibility index (Phi) is 6.04. The number of hydrogen-bond donors (Lipinski definition) is 1. The molecule has 2 aromatic heterocycles. The zero-order valence-electron chi connectivity index (χ0n) is 17.0. The second kappa shape index (κ2) is 9.04. The van der Waals surface area contributed by atoms with Gasteiger partial charge in [0.05, 0.1) is 31.3 Å². The van der Waals surface area contributed by atoms with Crippen LogP contribution in [0, 0.1) is 0 Å². The monoisotopic (exact) mass is 407 g/mol. The zero-order chi connectivity index (χ0) is 20.9. The van der Waals surface area contributed by atoms with Crippen molar-refractivity contribution < 1.29 is 9.53 Å². The van der Waals surface area contributed by atoms with Gasteiger partial charge in [-0.1, -0.05) is 18.2 Å². The molecule has 1 aromatic carbocycles. The van der Waals surface area contributed by atoms with E-state index < -0.39 is 0 Å². The SMILES string of the molecule is COc1ncccc1C(=O)NCc1nn(CCN2CCCC2)c(=O)c2ccccc12. The Balaban J connectivity index is 1.58. The van der Waals surface area contributed by atoms with Crippen LogP contribution in [0.1, 0.15) is 28.9 Å². The van der Waals surface area contributed by atoms with Gasteiger partial charge < -0.3 is 15.0 Å². The molecule has 1 fully saturated rings. The molecule has 1 aliphatic heterocycles. The van der Waals surface area contributed by atoms with Crippen LogP contribution in [0.4, 0.5) is 0 Å². The summed E-state index contributed by atoms with van der Waals surface area (Å²) < 4.78 is 6.69. The van der Waals surface area contributed by atoms with Crippen LogP contribution in [-0.4, -0.2) is 52.3 Å². The minimum atomic E-state index is -0.305. The van der Waals surface area contributed by atoms with Crippen LogP contribution in [0.3, 0.4) is 0 Å². The zero-order valence-corrected chi connectivity index (χ0v) is 17.0. The van der Waals surface area contributed by atoms with Gasteiger partial charge in [-0.2, -0.15) is 5.10 Å². The fourth-order valence-corrected chi connectivity index (χ4v) is 3.82. The third-order valence-corrected chi connectivity index (χ3v) is 5.40. The summed E-state index contributed by atoms with van der Waals surface area (Å²) in [6.07, 6.45) is 3.98. The molecular weight excluding hydrogens is 382 g/mol. The Morgan fingerprint density at radius 3 is 2.63 bits per heavy atom. The maximum Gasteiger partial charge on any atom is 0.274 e. The van der Waals surface area contributed by atoms with Crippen molar-refractivity contribution in [2.45, 2.75) is 25.9 Å². The van der Waals surface area contributed by atoms with Crippen molar-refractivity contribution in [1.82, 2.24) is 25.0 Å². The molecule has 0 saturated carbocycles. The Morgan fingerprint density at radius 2 is 1.87 bits per heavy atom. The van der Waals surface area contributed by atoms with Gasteiger partial charge in [0, 0.05) is 18.1 Å². The summed E-state index contributed by atoms with van der Waals surface area (Å²) in [5.74, 6) is -0.0379. The topological polar surface area (TPSA) is 89.3 Å². The highest BCUT2D eigenvalue weighted by Gasteiger charge is 2.16. The van der Waals surface area contributed by atoms with Gasteiger partial charge in [0.1, 0.15) is 5.56 Å². The number of benzene rings is 1. The number of rotatable bonds is 7. The second-order valence-electron chi connectivity index (χ2n) is 7.31. The van der Waals surface area contributed by atoms with E-state index in [0.29, 0.717) is 23.2 Å². The predicted octanol–water partition coefficient (Wildman–Crippen LogP) is 1.83. The summed E-state index contributed by atoms with van der Waals surface area (Å²) in [6.45, 7) is 3.66. The number of amides is 1. The number of aromatic nitrogens is 3. The molecule has 0 bridgehead atoms. The third kappa shape index (κ3) is 4.18. The summed E-state index contributed by atoms with van der Waals surface area (Å²) in [6, 6.07) is 10.7. The number of carbonyl (C=O) groups excluding carboxylic acids is 1. The number of pyridine rings is 1. The van der Waals surface area contributed by atoms with Gasteiger partial charge in [-0.05, 0) is 44.1 Å². The summed E-state index contributed by atoms with van der Waals surface area (Å²) in [5, 5.41) is 8.82. The first-order chi connectivity index (χ1) is 14.7. The molecule has 3 aromatic rings. The molecule has 156 valence electrons. The van der Waals surface area contributed by atoms with Gasteiger partial charge in [-0.15, -0.1) is 0 Å². The van der Waals surface area contributed by atoms with E-state index in [4.69, 9.17) is 4.74 Å². The van der Waals surface area contributed by atoms with Crippen LogP contribution in [0.5, 0.6) is 5.88 Å². The summed E-state index contributed by atoms with van der Waals surface area (Å²) in [7, 11) is 1.48. The third-order valence-electron chi connectivity index (χ3n) is 5.40. The average molecular weight is 407 g/mol. The maximum absolute atomic E-state index is 12.9. The molecule has 1 saturated heterocycles. The Bertz CT molecular complexity index is 1110. The lowest BCUT2D eigenvalue weighted by molar-refractivity contribution is 0.0946. The van der Waals surface area contributed by atoms with E-state index in [-0.39, 0.29) is 23.9 Å². The molecule has 4 rings (SSSR count). The second-order valence-corrected chi connectivity index (χ2v) is 7.31. The highest BCUT2D eigenvalue weighted by molar-refractivity contribution is 5.96. The average Bonchev–Trinajstić information content (AvgIpc) is 3.31. The van der Waals surface area contributed by atoms with Crippen LogP contribution < -0.4 is 15.6 Å². The first kappa shape index (κ1) is 20.0. The van der Waals surface area contributed by atoms with E-state index in [0.717, 1.165) is 25.0 Å². The minimum absolute atomic E-state index is 0.103. The quantitative estimate of drug-likeness (QED) is 0.643. The lowest BCUT2D eigenvalue weighted by Gasteiger charge is -2.16. The van der Waals surface area contributed by atoms with Gasteiger partial charge in [0.15, 0.2) is 0 Å². The number of carbonyl (C=O) groups is 1. The van der Waals surface area contributed by atoms with E-state index in [1.165, 1.54) is 24.6 Å². The molecule has 1 N–H and O–H groups in total. The van der Waals surface area contributed by atoms with Gasteiger partial charge in [0.25, 0.3) is 11.5 Å². The summed E-state index contributed by atoms with van der Waals surface area (Å²) >= 11 is 0. The standard InChI is InChI=1S/C22H25N5O3/c1-30-21-18(9-6-10-23-21)20(28)24-15-19-16-7-2-3-8-17(16)22(29)27(25-19)14-13-26-11-4-5-12-26/h2-3,6-10H,4-5,11-15H2,1H3,(H,24,28). The van der Waals surface area contributed by atoms with Crippen molar-refractivity contribution in [1.29, 1.82) is 0 Å². The molecule has 1 amide bonds. The molecular formula is C22H25N5O3. The summed E-state index contributed by atoms with van der Waals surface area (Å²) in [5.41, 5.74) is 0.906. The molecule has 8 nitrogen and oxygen atoms in total. The maximum atomic E-state index is 12.9. The molecule has 0 radical (unpaired) electrons. The van der Waals surface area contributed by atoms with Gasteiger partial charge >= 0.3 is 0 Å². The number of hydrogen-bond acceptors (Lipinski definition) is 6. The molecule has 3 heterocycles. The van der Waals surface area contributed by atoms with Crippen molar-refractivity contribution in [3.05, 3.63) is 64.2 Å². The number of ether oxygens (including phenoxy) is 1. The predicted molar refractivity (Wildman–Crippen MR) is 114 cm³/mol.